The van der Waals surface area contributed by atoms with E-state index in [9.17, 15) is 4.79 Å². The van der Waals surface area contributed by atoms with Crippen LogP contribution in [0.5, 0.6) is 5.75 Å². The molecule has 2 N–H and O–H groups in total. The van der Waals surface area contributed by atoms with Gasteiger partial charge in [-0.1, -0.05) is 28.1 Å². The minimum Gasteiger partial charge on any atom is -0.483 e. The summed E-state index contributed by atoms with van der Waals surface area (Å²) in [5.41, 5.74) is 6.36. The fourth-order valence-corrected chi connectivity index (χ4v) is 3.31. The van der Waals surface area contributed by atoms with Gasteiger partial charge in [0.05, 0.1) is 6.21 Å². The lowest BCUT2D eigenvalue weighted by Gasteiger charge is -2.11. The third kappa shape index (κ3) is 4.28. The minimum absolute atomic E-state index is 0.0870. The predicted octanol–water partition coefficient (Wildman–Crippen LogP) is 4.08. The Morgan fingerprint density at radius 1 is 1.24 bits per heavy atom. The van der Waals surface area contributed by atoms with E-state index in [1.54, 1.807) is 6.21 Å². The molecule has 6 heteroatoms. The van der Waals surface area contributed by atoms with Crippen molar-refractivity contribution in [2.24, 2.45) is 5.10 Å². The lowest BCUT2D eigenvalue weighted by molar-refractivity contribution is -0.123. The first kappa shape index (κ1) is 17.2. The molecule has 25 heavy (non-hydrogen) atoms. The van der Waals surface area contributed by atoms with E-state index in [4.69, 9.17) is 4.74 Å². The molecule has 0 saturated heterocycles. The number of nitrogens with one attached hydrogen (secondary N) is 2. The summed E-state index contributed by atoms with van der Waals surface area (Å²) in [5.74, 6) is 0.415. The molecule has 3 aromatic rings. The summed E-state index contributed by atoms with van der Waals surface area (Å²) in [6, 6.07) is 11.8. The number of hydrazone groups is 1. The molecule has 128 valence electrons. The molecule has 0 aliphatic rings. The molecule has 0 saturated carbocycles. The van der Waals surface area contributed by atoms with Gasteiger partial charge in [0.1, 0.15) is 5.75 Å². The molecule has 1 heterocycles. The van der Waals surface area contributed by atoms with Crippen molar-refractivity contribution in [2.45, 2.75) is 13.8 Å². The zero-order chi connectivity index (χ0) is 17.8. The molecule has 0 fully saturated rings. The van der Waals surface area contributed by atoms with Crippen LogP contribution < -0.4 is 10.2 Å². The Labute approximate surface area is 154 Å². The quantitative estimate of drug-likeness (QED) is 0.501. The number of aryl methyl sites for hydroxylation is 2. The maximum Gasteiger partial charge on any atom is 0.277 e. The number of fused-ring (bicyclic) bond motifs is 1. The highest BCUT2D eigenvalue weighted by Crippen LogP contribution is 2.27. The van der Waals surface area contributed by atoms with E-state index in [-0.39, 0.29) is 12.5 Å². The fraction of sp³-hybridized carbons (Fsp3) is 0.158. The summed E-state index contributed by atoms with van der Waals surface area (Å²) in [4.78, 5) is 15.0. The normalized spacial score (nSPS) is 11.2. The van der Waals surface area contributed by atoms with Gasteiger partial charge in [-0.15, -0.1) is 0 Å². The number of rotatable bonds is 5. The van der Waals surface area contributed by atoms with Gasteiger partial charge < -0.3 is 9.72 Å². The van der Waals surface area contributed by atoms with Crippen LogP contribution in [0.15, 0.2) is 52.2 Å². The number of carbonyl (C=O) groups is 1. The Morgan fingerprint density at radius 3 is 2.76 bits per heavy atom. The number of H-pyrrole nitrogens is 1. The van der Waals surface area contributed by atoms with Crippen LogP contribution in [0.1, 0.15) is 16.7 Å². The molecular weight excluding hydrogens is 382 g/mol. The van der Waals surface area contributed by atoms with E-state index >= 15 is 0 Å². The zero-order valence-corrected chi connectivity index (χ0v) is 15.6. The molecule has 1 amide bonds. The van der Waals surface area contributed by atoms with Gasteiger partial charge in [0, 0.05) is 16.2 Å². The first-order valence-electron chi connectivity index (χ1n) is 7.81. The monoisotopic (exact) mass is 399 g/mol. The summed E-state index contributed by atoms with van der Waals surface area (Å²) in [6.45, 7) is 3.80. The standard InChI is InChI=1S/C19H18BrN3O2/c1-12-7-16(20)8-13(2)19(12)25-11-18(24)23-22-10-14-3-4-15-5-6-21-17(15)9-14/h3-10,21H,11H2,1-2H3,(H,23,24). The van der Waals surface area contributed by atoms with Crippen LogP contribution in [-0.4, -0.2) is 23.7 Å². The highest BCUT2D eigenvalue weighted by Gasteiger charge is 2.08. The number of nitrogens with zero attached hydrogens (tertiary/aromatic N) is 1. The lowest BCUT2D eigenvalue weighted by atomic mass is 10.1. The Balaban J connectivity index is 1.56. The number of amides is 1. The van der Waals surface area contributed by atoms with Crippen molar-refractivity contribution < 1.29 is 9.53 Å². The van der Waals surface area contributed by atoms with Gasteiger partial charge in [0.15, 0.2) is 6.61 Å². The number of ether oxygens (including phenoxy) is 1. The van der Waals surface area contributed by atoms with Crippen LogP contribution in [0.3, 0.4) is 0 Å². The van der Waals surface area contributed by atoms with Crippen LogP contribution in [0.25, 0.3) is 10.9 Å². The van der Waals surface area contributed by atoms with E-state index in [2.05, 4.69) is 31.4 Å². The maximum atomic E-state index is 11.9. The number of benzene rings is 2. The van der Waals surface area contributed by atoms with Crippen LogP contribution in [0.2, 0.25) is 0 Å². The van der Waals surface area contributed by atoms with Crippen molar-refractivity contribution >= 4 is 39.0 Å². The molecule has 3 rings (SSSR count). The number of hydrogen-bond donors (Lipinski definition) is 2. The topological polar surface area (TPSA) is 66.5 Å². The van der Waals surface area contributed by atoms with E-state index in [1.807, 2.05) is 56.4 Å². The second kappa shape index (κ2) is 7.53. The zero-order valence-electron chi connectivity index (χ0n) is 14.0. The molecule has 0 atom stereocenters. The smallest absolute Gasteiger partial charge is 0.277 e. The first-order valence-corrected chi connectivity index (χ1v) is 8.61. The van der Waals surface area contributed by atoms with Crippen molar-refractivity contribution in [3.8, 4) is 5.75 Å². The van der Waals surface area contributed by atoms with Crippen molar-refractivity contribution in [2.75, 3.05) is 6.61 Å². The minimum atomic E-state index is -0.307. The average molecular weight is 400 g/mol. The van der Waals surface area contributed by atoms with Gasteiger partial charge in [-0.25, -0.2) is 5.43 Å². The molecule has 0 radical (unpaired) electrons. The molecule has 1 aromatic heterocycles. The third-order valence-electron chi connectivity index (χ3n) is 3.75. The number of halogens is 1. The Morgan fingerprint density at radius 2 is 2.00 bits per heavy atom. The number of aromatic amines is 1. The van der Waals surface area contributed by atoms with E-state index < -0.39 is 0 Å². The van der Waals surface area contributed by atoms with Gasteiger partial charge in [-0.3, -0.25) is 4.79 Å². The molecule has 0 bridgehead atoms. The van der Waals surface area contributed by atoms with Crippen LogP contribution in [0.4, 0.5) is 0 Å². The Kier molecular flexibility index (Phi) is 5.19. The average Bonchev–Trinajstić information content (AvgIpc) is 3.01. The largest absolute Gasteiger partial charge is 0.483 e. The van der Waals surface area contributed by atoms with Gasteiger partial charge in [0.25, 0.3) is 5.91 Å². The van der Waals surface area contributed by atoms with Gasteiger partial charge in [0.2, 0.25) is 0 Å². The van der Waals surface area contributed by atoms with Crippen molar-refractivity contribution in [1.82, 2.24) is 10.4 Å². The van der Waals surface area contributed by atoms with Crippen LogP contribution in [-0.2, 0) is 4.79 Å². The molecule has 0 aliphatic carbocycles. The summed E-state index contributed by atoms with van der Waals surface area (Å²) < 4.78 is 6.61. The van der Waals surface area contributed by atoms with Crippen molar-refractivity contribution in [3.63, 3.8) is 0 Å². The number of aromatic nitrogens is 1. The maximum absolute atomic E-state index is 11.9. The highest BCUT2D eigenvalue weighted by atomic mass is 79.9. The lowest BCUT2D eigenvalue weighted by Crippen LogP contribution is -2.25. The molecule has 0 aliphatic heterocycles. The SMILES string of the molecule is Cc1cc(Br)cc(C)c1OCC(=O)NN=Cc1ccc2cc[nH]c2c1. The van der Waals surface area contributed by atoms with Gasteiger partial charge in [-0.05, 0) is 60.2 Å². The summed E-state index contributed by atoms with van der Waals surface area (Å²) in [6.07, 6.45) is 3.49. The van der Waals surface area contributed by atoms with E-state index in [0.29, 0.717) is 0 Å². The Hall–Kier alpha value is -2.60. The van der Waals surface area contributed by atoms with E-state index in [1.165, 1.54) is 0 Å². The fourth-order valence-electron chi connectivity index (χ4n) is 2.62. The summed E-state index contributed by atoms with van der Waals surface area (Å²) in [7, 11) is 0. The van der Waals surface area contributed by atoms with Gasteiger partial charge in [-0.2, -0.15) is 5.10 Å². The van der Waals surface area contributed by atoms with Gasteiger partial charge >= 0.3 is 0 Å². The number of hydrogen-bond acceptors (Lipinski definition) is 3. The number of carbonyl (C=O) groups excluding carboxylic acids is 1. The van der Waals surface area contributed by atoms with E-state index in [0.717, 1.165) is 37.8 Å². The third-order valence-corrected chi connectivity index (χ3v) is 4.21. The molecule has 0 unspecified atom stereocenters. The van der Waals surface area contributed by atoms with Crippen molar-refractivity contribution in [3.05, 3.63) is 63.8 Å². The molecule has 2 aromatic carbocycles. The van der Waals surface area contributed by atoms with Crippen molar-refractivity contribution in [1.29, 1.82) is 0 Å². The summed E-state index contributed by atoms with van der Waals surface area (Å²) in [5, 5.41) is 5.11. The van der Waals surface area contributed by atoms with Crippen LogP contribution >= 0.6 is 15.9 Å². The second-order valence-corrected chi connectivity index (χ2v) is 6.69. The molecular formula is C19H18BrN3O2. The second-order valence-electron chi connectivity index (χ2n) is 5.77. The molecule has 5 nitrogen and oxygen atoms in total. The van der Waals surface area contributed by atoms with Crippen LogP contribution in [0, 0.1) is 13.8 Å². The predicted molar refractivity (Wildman–Crippen MR) is 103 cm³/mol. The summed E-state index contributed by atoms with van der Waals surface area (Å²) >= 11 is 3.44. The molecule has 0 spiro atoms. The highest BCUT2D eigenvalue weighted by molar-refractivity contribution is 9.10. The Bertz CT molecular complexity index is 924. The first-order chi connectivity index (χ1) is 12.0.